The van der Waals surface area contributed by atoms with Crippen LogP contribution in [0.25, 0.3) is 0 Å². The summed E-state index contributed by atoms with van der Waals surface area (Å²) in [7, 11) is 1.60. The number of nitrogens with one attached hydrogen (secondary N) is 2. The van der Waals surface area contributed by atoms with E-state index in [-0.39, 0.29) is 11.8 Å². The Hall–Kier alpha value is -3.08. The van der Waals surface area contributed by atoms with E-state index in [0.717, 1.165) is 11.3 Å². The third kappa shape index (κ3) is 4.46. The van der Waals surface area contributed by atoms with Gasteiger partial charge >= 0.3 is 0 Å². The van der Waals surface area contributed by atoms with E-state index in [1.165, 1.54) is 6.92 Å². The quantitative estimate of drug-likeness (QED) is 0.797. The van der Waals surface area contributed by atoms with Crippen molar-refractivity contribution in [1.82, 2.24) is 0 Å². The van der Waals surface area contributed by atoms with E-state index in [1.54, 1.807) is 55.7 Å². The van der Waals surface area contributed by atoms with Crippen LogP contribution in [0.1, 0.15) is 22.8 Å². The molecule has 0 aliphatic rings. The monoisotopic (exact) mass is 324 g/mol. The summed E-state index contributed by atoms with van der Waals surface area (Å²) in [5.41, 5.74) is 2.77. The first kappa shape index (κ1) is 17.3. The Kier molecular flexibility index (Phi) is 5.73. The molecule has 0 unspecified atom stereocenters. The third-order valence-corrected chi connectivity index (χ3v) is 3.37. The predicted molar refractivity (Wildman–Crippen MR) is 95.6 cm³/mol. The maximum atomic E-state index is 12.4. The highest BCUT2D eigenvalue weighted by Gasteiger charge is 2.10. The molecule has 0 atom stereocenters. The maximum absolute atomic E-state index is 12.4. The average molecular weight is 324 g/mol. The number of methoxy groups -OCH3 is 1. The van der Waals surface area contributed by atoms with Crippen molar-refractivity contribution in [1.29, 1.82) is 0 Å². The van der Waals surface area contributed by atoms with E-state index in [9.17, 15) is 9.59 Å². The van der Waals surface area contributed by atoms with Crippen LogP contribution < -0.4 is 15.4 Å². The Balaban J connectivity index is 2.13. The Morgan fingerprint density at radius 2 is 1.71 bits per heavy atom. The van der Waals surface area contributed by atoms with E-state index in [0.29, 0.717) is 23.4 Å². The van der Waals surface area contributed by atoms with Gasteiger partial charge in [0.2, 0.25) is 5.91 Å². The lowest BCUT2D eigenvalue weighted by Gasteiger charge is -2.10. The van der Waals surface area contributed by atoms with Gasteiger partial charge in [0.15, 0.2) is 0 Å². The van der Waals surface area contributed by atoms with E-state index in [4.69, 9.17) is 4.74 Å². The summed E-state index contributed by atoms with van der Waals surface area (Å²) >= 11 is 0. The van der Waals surface area contributed by atoms with Crippen LogP contribution in [0.3, 0.4) is 0 Å². The molecule has 0 aliphatic heterocycles. The van der Waals surface area contributed by atoms with Gasteiger partial charge in [-0.2, -0.15) is 0 Å². The van der Waals surface area contributed by atoms with Crippen molar-refractivity contribution in [3.8, 4) is 5.75 Å². The van der Waals surface area contributed by atoms with Gasteiger partial charge < -0.3 is 15.4 Å². The predicted octanol–water partition coefficient (Wildman–Crippen LogP) is 3.63. The number of rotatable bonds is 6. The highest BCUT2D eigenvalue weighted by molar-refractivity contribution is 6.04. The van der Waals surface area contributed by atoms with Gasteiger partial charge in [0.25, 0.3) is 5.91 Å². The molecule has 124 valence electrons. The van der Waals surface area contributed by atoms with Crippen LogP contribution >= 0.6 is 0 Å². The molecule has 2 rings (SSSR count). The van der Waals surface area contributed by atoms with Gasteiger partial charge in [-0.1, -0.05) is 6.08 Å². The standard InChI is InChI=1S/C19H20N2O3/c1-4-5-14-12-15(6-11-18(14)24-3)19(23)21-17-9-7-16(8-10-17)20-13(2)22/h4,6-12H,1,5H2,2-3H3,(H,20,22)(H,21,23). The fraction of sp³-hybridized carbons (Fsp3) is 0.158. The SMILES string of the molecule is C=CCc1cc(C(=O)Nc2ccc(NC(C)=O)cc2)ccc1OC. The zero-order chi connectivity index (χ0) is 17.5. The second kappa shape index (κ2) is 7.97. The second-order valence-corrected chi connectivity index (χ2v) is 5.23. The number of carbonyl (C=O) groups is 2. The summed E-state index contributed by atoms with van der Waals surface area (Å²) in [6.45, 7) is 5.16. The van der Waals surface area contributed by atoms with Crippen molar-refractivity contribution in [2.75, 3.05) is 17.7 Å². The topological polar surface area (TPSA) is 67.4 Å². The summed E-state index contributed by atoms with van der Waals surface area (Å²) in [5.74, 6) is 0.376. The Morgan fingerprint density at radius 3 is 2.25 bits per heavy atom. The lowest BCUT2D eigenvalue weighted by atomic mass is 10.1. The summed E-state index contributed by atoms with van der Waals surface area (Å²) in [4.78, 5) is 23.4. The molecule has 2 aromatic rings. The molecule has 2 amide bonds. The summed E-state index contributed by atoms with van der Waals surface area (Å²) in [6, 6.07) is 12.2. The highest BCUT2D eigenvalue weighted by atomic mass is 16.5. The summed E-state index contributed by atoms with van der Waals surface area (Å²) in [6.07, 6.45) is 2.38. The smallest absolute Gasteiger partial charge is 0.255 e. The molecule has 0 radical (unpaired) electrons. The number of hydrogen-bond donors (Lipinski definition) is 2. The largest absolute Gasteiger partial charge is 0.496 e. The first-order chi connectivity index (χ1) is 11.5. The van der Waals surface area contributed by atoms with Crippen LogP contribution in [0, 0.1) is 0 Å². The molecule has 0 aliphatic carbocycles. The molecule has 0 fully saturated rings. The van der Waals surface area contributed by atoms with Gasteiger partial charge in [0, 0.05) is 23.9 Å². The first-order valence-corrected chi connectivity index (χ1v) is 7.50. The van der Waals surface area contributed by atoms with Crippen molar-refractivity contribution >= 4 is 23.2 Å². The lowest BCUT2D eigenvalue weighted by Crippen LogP contribution is -2.12. The highest BCUT2D eigenvalue weighted by Crippen LogP contribution is 2.22. The number of hydrogen-bond acceptors (Lipinski definition) is 3. The Labute approximate surface area is 141 Å². The van der Waals surface area contributed by atoms with Crippen LogP contribution in [-0.2, 0) is 11.2 Å². The molecule has 24 heavy (non-hydrogen) atoms. The van der Waals surface area contributed by atoms with Gasteiger partial charge in [-0.05, 0) is 54.4 Å². The van der Waals surface area contributed by atoms with Crippen LogP contribution in [-0.4, -0.2) is 18.9 Å². The minimum Gasteiger partial charge on any atom is -0.496 e. The molecule has 0 aromatic heterocycles. The van der Waals surface area contributed by atoms with Crippen LogP contribution in [0.5, 0.6) is 5.75 Å². The molecule has 0 bridgehead atoms. The summed E-state index contributed by atoms with van der Waals surface area (Å²) < 4.78 is 5.28. The fourth-order valence-corrected chi connectivity index (χ4v) is 2.28. The van der Waals surface area contributed by atoms with Crippen molar-refractivity contribution in [3.05, 3.63) is 66.2 Å². The first-order valence-electron chi connectivity index (χ1n) is 7.50. The molecule has 0 saturated heterocycles. The minimum absolute atomic E-state index is 0.139. The van der Waals surface area contributed by atoms with E-state index >= 15 is 0 Å². The number of anilines is 2. The number of amides is 2. The zero-order valence-electron chi connectivity index (χ0n) is 13.8. The molecular formula is C19H20N2O3. The molecule has 0 saturated carbocycles. The number of benzene rings is 2. The molecule has 2 N–H and O–H groups in total. The Bertz CT molecular complexity index is 752. The van der Waals surface area contributed by atoms with E-state index in [2.05, 4.69) is 17.2 Å². The Morgan fingerprint density at radius 1 is 1.08 bits per heavy atom. The molecule has 0 heterocycles. The van der Waals surface area contributed by atoms with Gasteiger partial charge in [0.1, 0.15) is 5.75 Å². The van der Waals surface area contributed by atoms with Gasteiger partial charge in [-0.15, -0.1) is 6.58 Å². The van der Waals surface area contributed by atoms with Gasteiger partial charge in [-0.25, -0.2) is 0 Å². The molecule has 2 aromatic carbocycles. The molecule has 5 nitrogen and oxygen atoms in total. The lowest BCUT2D eigenvalue weighted by molar-refractivity contribution is -0.114. The van der Waals surface area contributed by atoms with Crippen molar-refractivity contribution in [3.63, 3.8) is 0 Å². The molecule has 5 heteroatoms. The number of allylic oxidation sites excluding steroid dienone is 1. The van der Waals surface area contributed by atoms with Crippen molar-refractivity contribution in [2.45, 2.75) is 13.3 Å². The van der Waals surface area contributed by atoms with Crippen LogP contribution in [0.2, 0.25) is 0 Å². The van der Waals surface area contributed by atoms with Crippen molar-refractivity contribution in [2.24, 2.45) is 0 Å². The molecular weight excluding hydrogens is 304 g/mol. The third-order valence-electron chi connectivity index (χ3n) is 3.37. The number of carbonyl (C=O) groups excluding carboxylic acids is 2. The average Bonchev–Trinajstić information content (AvgIpc) is 2.56. The van der Waals surface area contributed by atoms with Gasteiger partial charge in [0.05, 0.1) is 7.11 Å². The maximum Gasteiger partial charge on any atom is 0.255 e. The normalized spacial score (nSPS) is 9.92. The van der Waals surface area contributed by atoms with E-state index < -0.39 is 0 Å². The minimum atomic E-state index is -0.213. The zero-order valence-corrected chi connectivity index (χ0v) is 13.8. The molecule has 0 spiro atoms. The second-order valence-electron chi connectivity index (χ2n) is 5.23. The number of ether oxygens (including phenoxy) is 1. The van der Waals surface area contributed by atoms with Crippen LogP contribution in [0.4, 0.5) is 11.4 Å². The fourth-order valence-electron chi connectivity index (χ4n) is 2.28. The van der Waals surface area contributed by atoms with E-state index in [1.807, 2.05) is 0 Å². The van der Waals surface area contributed by atoms with Crippen LogP contribution in [0.15, 0.2) is 55.1 Å². The van der Waals surface area contributed by atoms with Crippen molar-refractivity contribution < 1.29 is 14.3 Å². The summed E-state index contributed by atoms with van der Waals surface area (Å²) in [5, 5.41) is 5.50. The van der Waals surface area contributed by atoms with Gasteiger partial charge in [-0.3, -0.25) is 9.59 Å².